The summed E-state index contributed by atoms with van der Waals surface area (Å²) in [6.07, 6.45) is 1.95. The van der Waals surface area contributed by atoms with Crippen LogP contribution in [0.15, 0.2) is 0 Å². The fraction of sp³-hybridized carbons (Fsp3) is 0.714. The van der Waals surface area contributed by atoms with Crippen molar-refractivity contribution >= 4 is 11.9 Å². The number of methoxy groups -OCH3 is 1. The highest BCUT2D eigenvalue weighted by Gasteiger charge is 2.50. The second kappa shape index (κ2) is 2.53. The number of esters is 1. The smallest absolute Gasteiger partial charge is 0.321 e. The first-order valence-corrected chi connectivity index (χ1v) is 3.52. The van der Waals surface area contributed by atoms with Gasteiger partial charge in [0, 0.05) is 0 Å². The van der Waals surface area contributed by atoms with Crippen molar-refractivity contribution < 1.29 is 14.3 Å². The molecule has 62 valence electrons. The highest BCUT2D eigenvalue weighted by Crippen LogP contribution is 2.41. The Bertz CT molecular complexity index is 196. The van der Waals surface area contributed by atoms with Crippen LogP contribution in [0, 0.1) is 5.41 Å². The van der Waals surface area contributed by atoms with Crippen molar-refractivity contribution in [3.8, 4) is 0 Å². The fourth-order valence-electron chi connectivity index (χ4n) is 1.28. The lowest BCUT2D eigenvalue weighted by molar-refractivity contribution is -0.163. The summed E-state index contributed by atoms with van der Waals surface area (Å²) in [5.74, 6) is -1.05. The van der Waals surface area contributed by atoms with E-state index in [4.69, 9.17) is 5.73 Å². The van der Waals surface area contributed by atoms with E-state index in [0.717, 1.165) is 6.42 Å². The zero-order valence-electron chi connectivity index (χ0n) is 6.42. The van der Waals surface area contributed by atoms with Crippen molar-refractivity contribution in [1.29, 1.82) is 0 Å². The van der Waals surface area contributed by atoms with Gasteiger partial charge in [-0.2, -0.15) is 0 Å². The van der Waals surface area contributed by atoms with Gasteiger partial charge in [-0.15, -0.1) is 0 Å². The van der Waals surface area contributed by atoms with Crippen LogP contribution in [0.5, 0.6) is 0 Å². The highest BCUT2D eigenvalue weighted by molar-refractivity contribution is 6.02. The van der Waals surface area contributed by atoms with Crippen LogP contribution < -0.4 is 5.73 Å². The maximum atomic E-state index is 11.0. The minimum absolute atomic E-state index is 0.490. The maximum Gasteiger partial charge on any atom is 0.321 e. The first-order valence-electron chi connectivity index (χ1n) is 3.52. The molecule has 11 heavy (non-hydrogen) atoms. The Balaban J connectivity index is 2.75. The summed E-state index contributed by atoms with van der Waals surface area (Å²) in [5.41, 5.74) is 4.08. The van der Waals surface area contributed by atoms with Crippen molar-refractivity contribution in [2.45, 2.75) is 19.3 Å². The zero-order valence-corrected chi connectivity index (χ0v) is 6.42. The Labute approximate surface area is 64.7 Å². The summed E-state index contributed by atoms with van der Waals surface area (Å²) in [5, 5.41) is 0. The van der Waals surface area contributed by atoms with E-state index in [-0.39, 0.29) is 0 Å². The van der Waals surface area contributed by atoms with E-state index in [1.54, 1.807) is 0 Å². The molecule has 1 aliphatic carbocycles. The number of hydrogen-bond acceptors (Lipinski definition) is 3. The van der Waals surface area contributed by atoms with E-state index in [0.29, 0.717) is 12.8 Å². The molecule has 1 fully saturated rings. The van der Waals surface area contributed by atoms with E-state index in [1.807, 2.05) is 0 Å². The molecule has 0 aromatic heterocycles. The lowest BCUT2D eigenvalue weighted by atomic mass is 9.68. The summed E-state index contributed by atoms with van der Waals surface area (Å²) in [7, 11) is 1.27. The number of carbonyl (C=O) groups excluding carboxylic acids is 2. The van der Waals surface area contributed by atoms with Crippen LogP contribution in [-0.2, 0) is 14.3 Å². The van der Waals surface area contributed by atoms with Gasteiger partial charge in [-0.05, 0) is 12.8 Å². The molecule has 1 aliphatic rings. The zero-order chi connectivity index (χ0) is 8.48. The van der Waals surface area contributed by atoms with Gasteiger partial charge in [0.15, 0.2) is 0 Å². The molecule has 0 aliphatic heterocycles. The van der Waals surface area contributed by atoms with E-state index in [2.05, 4.69) is 4.74 Å². The third-order valence-corrected chi connectivity index (χ3v) is 2.25. The molecule has 0 radical (unpaired) electrons. The minimum Gasteiger partial charge on any atom is -0.468 e. The third-order valence-electron chi connectivity index (χ3n) is 2.25. The molecule has 0 unspecified atom stereocenters. The summed E-state index contributed by atoms with van der Waals surface area (Å²) >= 11 is 0. The SMILES string of the molecule is COC(=O)C1(C(N)=O)CCC1. The maximum absolute atomic E-state index is 11.0. The molecule has 0 aromatic rings. The second-order valence-electron chi connectivity index (χ2n) is 2.79. The number of rotatable bonds is 2. The Morgan fingerprint density at radius 3 is 2.09 bits per heavy atom. The Morgan fingerprint density at radius 1 is 1.45 bits per heavy atom. The summed E-state index contributed by atoms with van der Waals surface area (Å²) < 4.78 is 4.48. The van der Waals surface area contributed by atoms with Crippen molar-refractivity contribution in [2.24, 2.45) is 11.1 Å². The van der Waals surface area contributed by atoms with E-state index in [9.17, 15) is 9.59 Å². The van der Waals surface area contributed by atoms with Crippen LogP contribution in [0.1, 0.15) is 19.3 Å². The molecule has 1 rings (SSSR count). The average Bonchev–Trinajstić information content (AvgIpc) is 1.84. The van der Waals surface area contributed by atoms with E-state index < -0.39 is 17.3 Å². The molecule has 0 bridgehead atoms. The number of hydrogen-bond donors (Lipinski definition) is 1. The van der Waals surface area contributed by atoms with Crippen LogP contribution in [0.3, 0.4) is 0 Å². The van der Waals surface area contributed by atoms with Crippen LogP contribution in [0.4, 0.5) is 0 Å². The van der Waals surface area contributed by atoms with Gasteiger partial charge in [0.25, 0.3) is 0 Å². The van der Waals surface area contributed by atoms with Crippen LogP contribution >= 0.6 is 0 Å². The monoisotopic (exact) mass is 157 g/mol. The number of primary amides is 1. The molecule has 1 amide bonds. The lowest BCUT2D eigenvalue weighted by Gasteiger charge is -2.35. The average molecular weight is 157 g/mol. The molecule has 4 heteroatoms. The molecule has 0 saturated heterocycles. The minimum atomic E-state index is -0.991. The molecule has 4 nitrogen and oxygen atoms in total. The summed E-state index contributed by atoms with van der Waals surface area (Å²) in [6, 6.07) is 0. The molecule has 0 heterocycles. The van der Waals surface area contributed by atoms with Gasteiger partial charge < -0.3 is 10.5 Å². The summed E-state index contributed by atoms with van der Waals surface area (Å²) in [4.78, 5) is 21.9. The lowest BCUT2D eigenvalue weighted by Crippen LogP contribution is -2.49. The normalized spacial score (nSPS) is 20.1. The largest absolute Gasteiger partial charge is 0.468 e. The fourth-order valence-corrected chi connectivity index (χ4v) is 1.28. The summed E-state index contributed by atoms with van der Waals surface area (Å²) in [6.45, 7) is 0. The number of amides is 1. The molecular formula is C7H11NO3. The number of nitrogens with two attached hydrogens (primary N) is 1. The Kier molecular flexibility index (Phi) is 1.85. The van der Waals surface area contributed by atoms with Gasteiger partial charge in [-0.25, -0.2) is 0 Å². The first-order chi connectivity index (χ1) is 5.13. The Morgan fingerprint density at radius 2 is 2.00 bits per heavy atom. The van der Waals surface area contributed by atoms with Crippen molar-refractivity contribution in [1.82, 2.24) is 0 Å². The topological polar surface area (TPSA) is 69.4 Å². The van der Waals surface area contributed by atoms with Crippen LogP contribution in [-0.4, -0.2) is 19.0 Å². The van der Waals surface area contributed by atoms with Gasteiger partial charge >= 0.3 is 5.97 Å². The molecule has 0 spiro atoms. The van der Waals surface area contributed by atoms with E-state index >= 15 is 0 Å². The van der Waals surface area contributed by atoms with Gasteiger partial charge in [0.05, 0.1) is 7.11 Å². The van der Waals surface area contributed by atoms with Crippen LogP contribution in [0.25, 0.3) is 0 Å². The highest BCUT2D eigenvalue weighted by atomic mass is 16.5. The Hall–Kier alpha value is -1.06. The number of carbonyl (C=O) groups is 2. The molecular weight excluding hydrogens is 146 g/mol. The van der Waals surface area contributed by atoms with Crippen molar-refractivity contribution in [3.63, 3.8) is 0 Å². The van der Waals surface area contributed by atoms with Crippen molar-refractivity contribution in [3.05, 3.63) is 0 Å². The number of ether oxygens (including phenoxy) is 1. The van der Waals surface area contributed by atoms with Gasteiger partial charge in [-0.1, -0.05) is 6.42 Å². The predicted octanol–water partition coefficient (Wildman–Crippen LogP) is -0.185. The molecule has 0 atom stereocenters. The predicted molar refractivity (Wildman–Crippen MR) is 37.5 cm³/mol. The van der Waals surface area contributed by atoms with Gasteiger partial charge in [0.2, 0.25) is 5.91 Å². The standard InChI is InChI=1S/C7H11NO3/c1-11-6(10)7(5(8)9)3-2-4-7/h2-4H2,1H3,(H2,8,9). The second-order valence-corrected chi connectivity index (χ2v) is 2.79. The molecule has 0 aromatic carbocycles. The van der Waals surface area contributed by atoms with Gasteiger partial charge in [-0.3, -0.25) is 9.59 Å². The third kappa shape index (κ3) is 0.982. The molecule has 2 N–H and O–H groups in total. The van der Waals surface area contributed by atoms with Gasteiger partial charge in [0.1, 0.15) is 5.41 Å². The molecule has 1 saturated carbocycles. The van der Waals surface area contributed by atoms with Crippen LogP contribution in [0.2, 0.25) is 0 Å². The van der Waals surface area contributed by atoms with Crippen molar-refractivity contribution in [2.75, 3.05) is 7.11 Å². The first kappa shape index (κ1) is 8.04. The van der Waals surface area contributed by atoms with E-state index in [1.165, 1.54) is 7.11 Å². The quantitative estimate of drug-likeness (QED) is 0.446.